The van der Waals surface area contributed by atoms with E-state index in [1.807, 2.05) is 23.1 Å². The lowest BCUT2D eigenvalue weighted by Gasteiger charge is -2.29. The summed E-state index contributed by atoms with van der Waals surface area (Å²) in [6.45, 7) is 6.03. The van der Waals surface area contributed by atoms with E-state index in [0.29, 0.717) is 11.7 Å². The number of hydrogen-bond acceptors (Lipinski definition) is 3. The molecule has 0 radical (unpaired) electrons. The Morgan fingerprint density at radius 2 is 2.19 bits per heavy atom. The van der Waals surface area contributed by atoms with Crippen LogP contribution in [0.4, 0.5) is 5.82 Å². The van der Waals surface area contributed by atoms with E-state index in [-0.39, 0.29) is 5.91 Å². The summed E-state index contributed by atoms with van der Waals surface area (Å²) in [5, 5.41) is 3.25. The zero-order valence-corrected chi connectivity index (χ0v) is 13.3. The van der Waals surface area contributed by atoms with Crippen molar-refractivity contribution in [3.63, 3.8) is 0 Å². The summed E-state index contributed by atoms with van der Waals surface area (Å²) < 4.78 is 0. The molecule has 116 valence electrons. The zero-order chi connectivity index (χ0) is 15.1. The molecule has 0 spiro atoms. The van der Waals surface area contributed by atoms with Gasteiger partial charge in [0, 0.05) is 19.1 Å². The molecule has 2 rings (SSSR count). The van der Waals surface area contributed by atoms with Gasteiger partial charge in [0.15, 0.2) is 0 Å². The number of nitrogens with zero attached hydrogens (tertiary/aromatic N) is 2. The summed E-state index contributed by atoms with van der Waals surface area (Å²) in [4.78, 5) is 19.3. The summed E-state index contributed by atoms with van der Waals surface area (Å²) >= 11 is 0. The summed E-state index contributed by atoms with van der Waals surface area (Å²) in [5.41, 5.74) is 0.566. The number of pyridine rings is 1. The first-order valence-electron chi connectivity index (χ1n) is 8.28. The van der Waals surface area contributed by atoms with Crippen LogP contribution in [0.2, 0.25) is 0 Å². The van der Waals surface area contributed by atoms with Crippen LogP contribution in [-0.2, 0) is 0 Å². The summed E-state index contributed by atoms with van der Waals surface area (Å²) in [6.07, 6.45) is 6.76. The monoisotopic (exact) mass is 289 g/mol. The molecule has 1 aromatic rings. The molecule has 0 saturated carbocycles. The molecule has 4 heteroatoms. The minimum absolute atomic E-state index is 0.0869. The SMILES string of the molecule is CCCNc1cccc(C(=O)N2CCCCCC2CC)n1. The molecule has 1 atom stereocenters. The minimum atomic E-state index is 0.0869. The molecule has 1 amide bonds. The van der Waals surface area contributed by atoms with Crippen molar-refractivity contribution in [2.45, 2.75) is 58.4 Å². The van der Waals surface area contributed by atoms with Gasteiger partial charge in [0.2, 0.25) is 0 Å². The smallest absolute Gasteiger partial charge is 0.272 e. The van der Waals surface area contributed by atoms with Gasteiger partial charge in [-0.3, -0.25) is 4.79 Å². The number of nitrogens with one attached hydrogen (secondary N) is 1. The van der Waals surface area contributed by atoms with Gasteiger partial charge in [-0.2, -0.15) is 0 Å². The molecular weight excluding hydrogens is 262 g/mol. The highest BCUT2D eigenvalue weighted by Crippen LogP contribution is 2.21. The van der Waals surface area contributed by atoms with Crippen LogP contribution in [-0.4, -0.2) is 34.9 Å². The van der Waals surface area contributed by atoms with Crippen molar-refractivity contribution in [3.8, 4) is 0 Å². The number of hydrogen-bond donors (Lipinski definition) is 1. The summed E-state index contributed by atoms with van der Waals surface area (Å²) in [5.74, 6) is 0.884. The molecule has 21 heavy (non-hydrogen) atoms. The number of aromatic nitrogens is 1. The maximum Gasteiger partial charge on any atom is 0.272 e. The van der Waals surface area contributed by atoms with E-state index in [1.54, 1.807) is 0 Å². The van der Waals surface area contributed by atoms with E-state index in [9.17, 15) is 4.79 Å². The summed E-state index contributed by atoms with van der Waals surface area (Å²) in [7, 11) is 0. The van der Waals surface area contributed by atoms with Crippen LogP contribution < -0.4 is 5.32 Å². The number of carbonyl (C=O) groups is 1. The molecule has 0 aliphatic carbocycles. The van der Waals surface area contributed by atoms with Gasteiger partial charge < -0.3 is 10.2 Å². The van der Waals surface area contributed by atoms with Crippen LogP contribution >= 0.6 is 0 Å². The highest BCUT2D eigenvalue weighted by Gasteiger charge is 2.25. The Labute approximate surface area is 127 Å². The molecule has 1 unspecified atom stereocenters. The fourth-order valence-corrected chi connectivity index (χ4v) is 2.92. The third-order valence-electron chi connectivity index (χ3n) is 4.13. The predicted molar refractivity (Wildman–Crippen MR) is 86.6 cm³/mol. The molecule has 0 bridgehead atoms. The van der Waals surface area contributed by atoms with E-state index in [0.717, 1.165) is 44.6 Å². The highest BCUT2D eigenvalue weighted by atomic mass is 16.2. The first-order valence-corrected chi connectivity index (χ1v) is 8.28. The second-order valence-corrected chi connectivity index (χ2v) is 5.74. The molecule has 4 nitrogen and oxygen atoms in total. The number of carbonyl (C=O) groups excluding carboxylic acids is 1. The minimum Gasteiger partial charge on any atom is -0.370 e. The van der Waals surface area contributed by atoms with Crippen LogP contribution in [0, 0.1) is 0 Å². The number of amides is 1. The summed E-state index contributed by atoms with van der Waals surface area (Å²) in [6, 6.07) is 6.04. The van der Waals surface area contributed by atoms with E-state index in [1.165, 1.54) is 12.8 Å². The molecule has 1 saturated heterocycles. The lowest BCUT2D eigenvalue weighted by Crippen LogP contribution is -2.40. The van der Waals surface area contributed by atoms with Crippen molar-refractivity contribution < 1.29 is 4.79 Å². The third kappa shape index (κ3) is 4.19. The van der Waals surface area contributed by atoms with E-state index >= 15 is 0 Å². The Hall–Kier alpha value is -1.58. The topological polar surface area (TPSA) is 45.2 Å². The van der Waals surface area contributed by atoms with Gasteiger partial charge in [-0.25, -0.2) is 4.98 Å². The average molecular weight is 289 g/mol. The first-order chi connectivity index (χ1) is 10.3. The van der Waals surface area contributed by atoms with Crippen LogP contribution in [0.15, 0.2) is 18.2 Å². The van der Waals surface area contributed by atoms with Crippen LogP contribution in [0.3, 0.4) is 0 Å². The largest absolute Gasteiger partial charge is 0.370 e. The predicted octanol–water partition coefficient (Wildman–Crippen LogP) is 3.70. The number of anilines is 1. The van der Waals surface area contributed by atoms with E-state index in [4.69, 9.17) is 0 Å². The number of rotatable bonds is 5. The molecular formula is C17H27N3O. The lowest BCUT2D eigenvalue weighted by atomic mass is 10.1. The normalized spacial score (nSPS) is 19.1. The van der Waals surface area contributed by atoms with Crippen LogP contribution in [0.1, 0.15) is 62.9 Å². The van der Waals surface area contributed by atoms with Gasteiger partial charge in [-0.05, 0) is 37.8 Å². The van der Waals surface area contributed by atoms with Crippen molar-refractivity contribution in [1.82, 2.24) is 9.88 Å². The zero-order valence-electron chi connectivity index (χ0n) is 13.3. The van der Waals surface area contributed by atoms with E-state index < -0.39 is 0 Å². The van der Waals surface area contributed by atoms with Gasteiger partial charge in [-0.15, -0.1) is 0 Å². The Kier molecular flexibility index (Phi) is 6.03. The first kappa shape index (κ1) is 15.8. The molecule has 1 aliphatic rings. The quantitative estimate of drug-likeness (QED) is 0.899. The molecule has 1 fully saturated rings. The third-order valence-corrected chi connectivity index (χ3v) is 4.13. The fraction of sp³-hybridized carbons (Fsp3) is 0.647. The second-order valence-electron chi connectivity index (χ2n) is 5.74. The van der Waals surface area contributed by atoms with Crippen molar-refractivity contribution in [2.24, 2.45) is 0 Å². The lowest BCUT2D eigenvalue weighted by molar-refractivity contribution is 0.0672. The standard InChI is InChI=1S/C17H27N3O/c1-3-12-18-16-11-8-10-15(19-16)17(21)20-13-7-5-6-9-14(20)4-2/h8,10-11,14H,3-7,9,12-13H2,1-2H3,(H,18,19). The Balaban J connectivity index is 2.13. The maximum atomic E-state index is 12.8. The Morgan fingerprint density at radius 1 is 1.33 bits per heavy atom. The fourth-order valence-electron chi connectivity index (χ4n) is 2.92. The van der Waals surface area contributed by atoms with Crippen molar-refractivity contribution >= 4 is 11.7 Å². The van der Waals surface area contributed by atoms with Gasteiger partial charge in [0.1, 0.15) is 11.5 Å². The number of likely N-dealkylation sites (tertiary alicyclic amines) is 1. The van der Waals surface area contributed by atoms with Gasteiger partial charge in [0.25, 0.3) is 5.91 Å². The van der Waals surface area contributed by atoms with Crippen molar-refractivity contribution in [1.29, 1.82) is 0 Å². The molecule has 1 aromatic heterocycles. The second kappa shape index (κ2) is 8.01. The van der Waals surface area contributed by atoms with Crippen LogP contribution in [0.5, 0.6) is 0 Å². The van der Waals surface area contributed by atoms with Gasteiger partial charge in [-0.1, -0.05) is 32.8 Å². The Morgan fingerprint density at radius 3 is 2.95 bits per heavy atom. The molecule has 2 heterocycles. The average Bonchev–Trinajstić information content (AvgIpc) is 2.77. The molecule has 1 N–H and O–H groups in total. The Bertz CT molecular complexity index is 461. The highest BCUT2D eigenvalue weighted by molar-refractivity contribution is 5.93. The van der Waals surface area contributed by atoms with E-state index in [2.05, 4.69) is 24.1 Å². The maximum absolute atomic E-state index is 12.8. The van der Waals surface area contributed by atoms with Crippen molar-refractivity contribution in [2.75, 3.05) is 18.4 Å². The van der Waals surface area contributed by atoms with Crippen LogP contribution in [0.25, 0.3) is 0 Å². The van der Waals surface area contributed by atoms with Gasteiger partial charge >= 0.3 is 0 Å². The van der Waals surface area contributed by atoms with Gasteiger partial charge in [0.05, 0.1) is 0 Å². The molecule has 0 aromatic carbocycles. The van der Waals surface area contributed by atoms with Crippen molar-refractivity contribution in [3.05, 3.63) is 23.9 Å². The molecule has 1 aliphatic heterocycles.